The van der Waals surface area contributed by atoms with E-state index in [0.717, 1.165) is 6.54 Å². The van der Waals surface area contributed by atoms with Crippen molar-refractivity contribution in [2.75, 3.05) is 32.0 Å². The Morgan fingerprint density at radius 2 is 2.22 bits per heavy atom. The summed E-state index contributed by atoms with van der Waals surface area (Å²) in [5.41, 5.74) is 1.19. The normalized spacial score (nSPS) is 20.7. The zero-order chi connectivity index (χ0) is 13.0. The van der Waals surface area contributed by atoms with Gasteiger partial charge in [-0.3, -0.25) is 4.79 Å². The Morgan fingerprint density at radius 3 is 2.83 bits per heavy atom. The van der Waals surface area contributed by atoms with Crippen molar-refractivity contribution in [2.24, 2.45) is 0 Å². The molecule has 1 atom stereocenters. The number of Topliss-reactive ketones (excluding diaryl/α,β-unsaturated/α-hetero) is 1. The molecule has 1 unspecified atom stereocenters. The SMILES string of the molecule is CC(=O)CNc1ncc(C2CCCN(C)C2)cn1. The number of hydrogen-bond donors (Lipinski definition) is 1. The highest BCUT2D eigenvalue weighted by atomic mass is 16.1. The zero-order valence-electron chi connectivity index (χ0n) is 11.0. The fourth-order valence-electron chi connectivity index (χ4n) is 2.28. The molecule has 1 aromatic rings. The first-order valence-electron chi connectivity index (χ1n) is 6.39. The Morgan fingerprint density at radius 1 is 1.50 bits per heavy atom. The largest absolute Gasteiger partial charge is 0.347 e. The molecule has 1 fully saturated rings. The molecule has 1 aliphatic rings. The van der Waals surface area contributed by atoms with Gasteiger partial charge in [0, 0.05) is 18.9 Å². The van der Waals surface area contributed by atoms with Gasteiger partial charge in [0.15, 0.2) is 0 Å². The summed E-state index contributed by atoms with van der Waals surface area (Å²) in [5, 5.41) is 2.90. The lowest BCUT2D eigenvalue weighted by Crippen LogP contribution is -2.30. The van der Waals surface area contributed by atoms with Crippen molar-refractivity contribution >= 4 is 11.7 Å². The molecule has 0 aliphatic carbocycles. The Bertz CT molecular complexity index is 404. The third-order valence-corrected chi connectivity index (χ3v) is 3.26. The molecule has 1 saturated heterocycles. The molecule has 98 valence electrons. The van der Waals surface area contributed by atoms with E-state index in [2.05, 4.69) is 27.2 Å². The van der Waals surface area contributed by atoms with Crippen LogP contribution in [0.1, 0.15) is 31.2 Å². The van der Waals surface area contributed by atoms with Gasteiger partial charge in [0.2, 0.25) is 5.95 Å². The number of carbonyl (C=O) groups excluding carboxylic acids is 1. The van der Waals surface area contributed by atoms with Crippen LogP contribution in [0.2, 0.25) is 0 Å². The van der Waals surface area contributed by atoms with Gasteiger partial charge in [-0.2, -0.15) is 0 Å². The second-order valence-corrected chi connectivity index (χ2v) is 5.00. The molecule has 2 rings (SSSR count). The average molecular weight is 248 g/mol. The predicted molar refractivity (Wildman–Crippen MR) is 70.7 cm³/mol. The molecule has 18 heavy (non-hydrogen) atoms. The molecule has 0 saturated carbocycles. The highest BCUT2D eigenvalue weighted by molar-refractivity contribution is 5.79. The maximum atomic E-state index is 10.8. The third kappa shape index (κ3) is 3.50. The Labute approximate surface area is 108 Å². The van der Waals surface area contributed by atoms with Gasteiger partial charge in [0.05, 0.1) is 6.54 Å². The minimum atomic E-state index is 0.0802. The molecule has 5 nitrogen and oxygen atoms in total. The van der Waals surface area contributed by atoms with Crippen molar-refractivity contribution in [3.63, 3.8) is 0 Å². The van der Waals surface area contributed by atoms with E-state index in [4.69, 9.17) is 0 Å². The summed E-state index contributed by atoms with van der Waals surface area (Å²) in [4.78, 5) is 21.7. The van der Waals surface area contributed by atoms with Crippen LogP contribution in [0.3, 0.4) is 0 Å². The van der Waals surface area contributed by atoms with Crippen LogP contribution >= 0.6 is 0 Å². The van der Waals surface area contributed by atoms with Crippen LogP contribution in [-0.4, -0.2) is 47.3 Å². The second-order valence-electron chi connectivity index (χ2n) is 5.00. The highest BCUT2D eigenvalue weighted by Crippen LogP contribution is 2.25. The summed E-state index contributed by atoms with van der Waals surface area (Å²) in [5.74, 6) is 1.14. The van der Waals surface area contributed by atoms with Gasteiger partial charge in [-0.05, 0) is 44.8 Å². The monoisotopic (exact) mass is 248 g/mol. The van der Waals surface area contributed by atoms with Crippen molar-refractivity contribution < 1.29 is 4.79 Å². The third-order valence-electron chi connectivity index (χ3n) is 3.26. The fourth-order valence-corrected chi connectivity index (χ4v) is 2.28. The van der Waals surface area contributed by atoms with Gasteiger partial charge in [-0.15, -0.1) is 0 Å². The number of rotatable bonds is 4. The van der Waals surface area contributed by atoms with Crippen LogP contribution in [0.4, 0.5) is 5.95 Å². The second kappa shape index (κ2) is 5.91. The molecule has 1 N–H and O–H groups in total. The van der Waals surface area contributed by atoms with Crippen molar-refractivity contribution in [2.45, 2.75) is 25.7 Å². The first-order chi connectivity index (χ1) is 8.65. The van der Waals surface area contributed by atoms with Crippen LogP contribution < -0.4 is 5.32 Å². The fraction of sp³-hybridized carbons (Fsp3) is 0.615. The quantitative estimate of drug-likeness (QED) is 0.870. The maximum Gasteiger partial charge on any atom is 0.222 e. The standard InChI is InChI=1S/C13H20N4O/c1-10(18)6-14-13-15-7-12(8-16-13)11-4-3-5-17(2)9-11/h7-8,11H,3-6,9H2,1-2H3,(H,14,15,16). The van der Waals surface area contributed by atoms with Crippen LogP contribution in [0.15, 0.2) is 12.4 Å². The van der Waals surface area contributed by atoms with E-state index in [1.165, 1.54) is 24.9 Å². The number of carbonyl (C=O) groups is 1. The molecular weight excluding hydrogens is 228 g/mol. The number of nitrogens with one attached hydrogen (secondary N) is 1. The Balaban J connectivity index is 1.96. The van der Waals surface area contributed by atoms with Gasteiger partial charge in [-0.1, -0.05) is 0 Å². The summed E-state index contributed by atoms with van der Waals surface area (Å²) < 4.78 is 0. The summed E-state index contributed by atoms with van der Waals surface area (Å²) in [6.45, 7) is 4.07. The molecule has 5 heteroatoms. The van der Waals surface area contributed by atoms with Crippen LogP contribution in [0.5, 0.6) is 0 Å². The van der Waals surface area contributed by atoms with E-state index in [1.807, 2.05) is 12.4 Å². The van der Waals surface area contributed by atoms with Gasteiger partial charge in [-0.25, -0.2) is 9.97 Å². The van der Waals surface area contributed by atoms with E-state index in [0.29, 0.717) is 11.9 Å². The molecule has 1 aliphatic heterocycles. The van der Waals surface area contributed by atoms with E-state index >= 15 is 0 Å². The predicted octanol–water partition coefficient (Wildman–Crippen LogP) is 1.29. The van der Waals surface area contributed by atoms with Crippen LogP contribution in [0, 0.1) is 0 Å². The van der Waals surface area contributed by atoms with Crippen LogP contribution in [0.25, 0.3) is 0 Å². The van der Waals surface area contributed by atoms with Gasteiger partial charge in [0.1, 0.15) is 5.78 Å². The molecular formula is C13H20N4O. The lowest BCUT2D eigenvalue weighted by atomic mass is 9.93. The van der Waals surface area contributed by atoms with Crippen molar-refractivity contribution in [3.8, 4) is 0 Å². The maximum absolute atomic E-state index is 10.8. The number of likely N-dealkylation sites (tertiary alicyclic amines) is 1. The molecule has 0 bridgehead atoms. The van der Waals surface area contributed by atoms with Gasteiger partial charge >= 0.3 is 0 Å². The summed E-state index contributed by atoms with van der Waals surface area (Å²) in [6, 6.07) is 0. The number of anilines is 1. The van der Waals surface area contributed by atoms with Crippen molar-refractivity contribution in [3.05, 3.63) is 18.0 Å². The minimum Gasteiger partial charge on any atom is -0.347 e. The number of aromatic nitrogens is 2. The van der Waals surface area contributed by atoms with Crippen LogP contribution in [-0.2, 0) is 4.79 Å². The lowest BCUT2D eigenvalue weighted by molar-refractivity contribution is -0.115. The summed E-state index contributed by atoms with van der Waals surface area (Å²) >= 11 is 0. The topological polar surface area (TPSA) is 58.1 Å². The first-order valence-corrected chi connectivity index (χ1v) is 6.39. The number of nitrogens with zero attached hydrogens (tertiary/aromatic N) is 3. The number of ketones is 1. The molecule has 0 spiro atoms. The summed E-state index contributed by atoms with van der Waals surface area (Å²) in [6.07, 6.45) is 6.18. The van der Waals surface area contributed by atoms with Crippen molar-refractivity contribution in [1.82, 2.24) is 14.9 Å². The van der Waals surface area contributed by atoms with Gasteiger partial charge < -0.3 is 10.2 Å². The van der Waals surface area contributed by atoms with Gasteiger partial charge in [0.25, 0.3) is 0 Å². The van der Waals surface area contributed by atoms with E-state index in [-0.39, 0.29) is 12.3 Å². The molecule has 1 aromatic heterocycles. The smallest absolute Gasteiger partial charge is 0.222 e. The minimum absolute atomic E-state index is 0.0802. The Hall–Kier alpha value is -1.49. The molecule has 0 aromatic carbocycles. The van der Waals surface area contributed by atoms with E-state index < -0.39 is 0 Å². The zero-order valence-corrected chi connectivity index (χ0v) is 11.0. The molecule has 0 radical (unpaired) electrons. The van der Waals surface area contributed by atoms with E-state index in [1.54, 1.807) is 6.92 Å². The average Bonchev–Trinajstić information content (AvgIpc) is 2.37. The number of likely N-dealkylation sites (N-methyl/N-ethyl adjacent to an activating group) is 1. The molecule has 0 amide bonds. The lowest BCUT2D eigenvalue weighted by Gasteiger charge is -2.29. The molecule has 2 heterocycles. The van der Waals surface area contributed by atoms with E-state index in [9.17, 15) is 4.79 Å². The van der Waals surface area contributed by atoms with Crippen molar-refractivity contribution in [1.29, 1.82) is 0 Å². The first kappa shape index (κ1) is 13.0. The summed E-state index contributed by atoms with van der Waals surface area (Å²) in [7, 11) is 2.15. The highest BCUT2D eigenvalue weighted by Gasteiger charge is 2.19. The Kier molecular flexibility index (Phi) is 4.25. The number of piperidine rings is 1. The number of hydrogen-bond acceptors (Lipinski definition) is 5.